The number of hydrogen-bond acceptors (Lipinski definition) is 2. The van der Waals surface area contributed by atoms with Crippen molar-refractivity contribution in [3.05, 3.63) is 59.2 Å². The SMILES string of the molecule is ClCc1cnc(C2Cc3ccccc32)nc1. The van der Waals surface area contributed by atoms with Gasteiger partial charge in [0.2, 0.25) is 0 Å². The molecule has 0 aliphatic heterocycles. The molecule has 16 heavy (non-hydrogen) atoms. The highest BCUT2D eigenvalue weighted by atomic mass is 35.5. The fourth-order valence-corrected chi connectivity index (χ4v) is 2.24. The summed E-state index contributed by atoms with van der Waals surface area (Å²) >= 11 is 5.71. The van der Waals surface area contributed by atoms with E-state index in [4.69, 9.17) is 11.6 Å². The first-order valence-corrected chi connectivity index (χ1v) is 5.86. The van der Waals surface area contributed by atoms with Crippen LogP contribution in [-0.2, 0) is 12.3 Å². The van der Waals surface area contributed by atoms with E-state index in [1.165, 1.54) is 11.1 Å². The Kier molecular flexibility index (Phi) is 2.37. The van der Waals surface area contributed by atoms with E-state index in [-0.39, 0.29) is 0 Å². The monoisotopic (exact) mass is 230 g/mol. The number of rotatable bonds is 2. The second-order valence-electron chi connectivity index (χ2n) is 4.04. The molecule has 3 rings (SSSR count). The van der Waals surface area contributed by atoms with Crippen molar-refractivity contribution >= 4 is 11.6 Å². The molecule has 1 aromatic heterocycles. The van der Waals surface area contributed by atoms with Crippen LogP contribution in [0.5, 0.6) is 0 Å². The molecule has 3 heteroatoms. The molecule has 1 atom stereocenters. The van der Waals surface area contributed by atoms with Crippen LogP contribution in [-0.4, -0.2) is 9.97 Å². The lowest BCUT2D eigenvalue weighted by Crippen LogP contribution is -2.20. The fourth-order valence-electron chi connectivity index (χ4n) is 2.10. The van der Waals surface area contributed by atoms with Gasteiger partial charge in [-0.05, 0) is 17.5 Å². The summed E-state index contributed by atoms with van der Waals surface area (Å²) in [7, 11) is 0. The predicted octanol–water partition coefficient (Wildman–Crippen LogP) is 2.90. The van der Waals surface area contributed by atoms with Crippen LogP contribution in [0, 0.1) is 0 Å². The maximum atomic E-state index is 5.71. The molecule has 0 bridgehead atoms. The zero-order chi connectivity index (χ0) is 11.0. The molecule has 1 aliphatic carbocycles. The number of fused-ring (bicyclic) bond motifs is 1. The van der Waals surface area contributed by atoms with Crippen molar-refractivity contribution in [2.75, 3.05) is 0 Å². The summed E-state index contributed by atoms with van der Waals surface area (Å²) in [5.74, 6) is 1.76. The van der Waals surface area contributed by atoms with E-state index in [1.54, 1.807) is 0 Å². The minimum absolute atomic E-state index is 0.376. The second kappa shape index (κ2) is 3.87. The van der Waals surface area contributed by atoms with Crippen molar-refractivity contribution < 1.29 is 0 Å². The van der Waals surface area contributed by atoms with Gasteiger partial charge < -0.3 is 0 Å². The average Bonchev–Trinajstić information content (AvgIpc) is 2.32. The molecule has 0 fully saturated rings. The highest BCUT2D eigenvalue weighted by molar-refractivity contribution is 6.17. The van der Waals surface area contributed by atoms with Crippen molar-refractivity contribution in [3.63, 3.8) is 0 Å². The van der Waals surface area contributed by atoms with Gasteiger partial charge in [0.25, 0.3) is 0 Å². The molecule has 0 radical (unpaired) electrons. The van der Waals surface area contributed by atoms with Crippen LogP contribution in [0.3, 0.4) is 0 Å². The standard InChI is InChI=1S/C13H11ClN2/c14-6-9-7-15-13(16-8-9)12-5-10-3-1-2-4-11(10)12/h1-4,7-8,12H,5-6H2. The Morgan fingerprint density at radius 1 is 1.19 bits per heavy atom. The van der Waals surface area contributed by atoms with Gasteiger partial charge in [-0.2, -0.15) is 0 Å². The number of hydrogen-bond donors (Lipinski definition) is 0. The number of halogens is 1. The van der Waals surface area contributed by atoms with E-state index in [0.717, 1.165) is 17.8 Å². The number of nitrogens with zero attached hydrogens (tertiary/aromatic N) is 2. The van der Waals surface area contributed by atoms with E-state index < -0.39 is 0 Å². The van der Waals surface area contributed by atoms with Crippen molar-refractivity contribution in [1.82, 2.24) is 9.97 Å². The predicted molar refractivity (Wildman–Crippen MR) is 63.6 cm³/mol. The third-order valence-corrected chi connectivity index (χ3v) is 3.35. The summed E-state index contributed by atoms with van der Waals surface area (Å²) < 4.78 is 0. The summed E-state index contributed by atoms with van der Waals surface area (Å²) in [6, 6.07) is 8.46. The molecule has 0 saturated heterocycles. The zero-order valence-electron chi connectivity index (χ0n) is 8.73. The molecular weight excluding hydrogens is 220 g/mol. The molecule has 1 unspecified atom stereocenters. The van der Waals surface area contributed by atoms with Gasteiger partial charge in [-0.25, -0.2) is 9.97 Å². The fraction of sp³-hybridized carbons (Fsp3) is 0.231. The Balaban J connectivity index is 1.90. The van der Waals surface area contributed by atoms with Gasteiger partial charge in [0.15, 0.2) is 0 Å². The lowest BCUT2D eigenvalue weighted by Gasteiger charge is -2.28. The molecule has 0 spiro atoms. The molecule has 2 nitrogen and oxygen atoms in total. The normalized spacial score (nSPS) is 17.7. The van der Waals surface area contributed by atoms with Gasteiger partial charge in [0, 0.05) is 23.9 Å². The molecule has 0 N–H and O–H groups in total. The summed E-state index contributed by atoms with van der Waals surface area (Å²) in [5.41, 5.74) is 3.75. The summed E-state index contributed by atoms with van der Waals surface area (Å²) in [6.07, 6.45) is 4.68. The Hall–Kier alpha value is -1.41. The minimum Gasteiger partial charge on any atom is -0.240 e. The largest absolute Gasteiger partial charge is 0.240 e. The molecule has 1 aliphatic rings. The Labute approximate surface area is 99.3 Å². The Bertz CT molecular complexity index is 508. The zero-order valence-corrected chi connectivity index (χ0v) is 9.48. The second-order valence-corrected chi connectivity index (χ2v) is 4.31. The van der Waals surface area contributed by atoms with Crippen molar-refractivity contribution in [1.29, 1.82) is 0 Å². The smallest absolute Gasteiger partial charge is 0.136 e. The third-order valence-electron chi connectivity index (χ3n) is 3.05. The quantitative estimate of drug-likeness (QED) is 0.742. The first kappa shape index (κ1) is 9.79. The van der Waals surface area contributed by atoms with Gasteiger partial charge >= 0.3 is 0 Å². The molecule has 0 amide bonds. The van der Waals surface area contributed by atoms with Crippen LogP contribution >= 0.6 is 11.6 Å². The van der Waals surface area contributed by atoms with Gasteiger partial charge in [0.05, 0.1) is 5.88 Å². The van der Waals surface area contributed by atoms with E-state index in [0.29, 0.717) is 11.8 Å². The van der Waals surface area contributed by atoms with Crippen molar-refractivity contribution in [2.45, 2.75) is 18.2 Å². The van der Waals surface area contributed by atoms with Gasteiger partial charge in [-0.1, -0.05) is 24.3 Å². The van der Waals surface area contributed by atoms with Crippen LogP contribution in [0.15, 0.2) is 36.7 Å². The molecule has 0 saturated carbocycles. The summed E-state index contributed by atoms with van der Waals surface area (Å²) in [5, 5.41) is 0. The average molecular weight is 231 g/mol. The highest BCUT2D eigenvalue weighted by Gasteiger charge is 2.28. The molecule has 1 heterocycles. The Morgan fingerprint density at radius 3 is 2.62 bits per heavy atom. The number of benzene rings is 1. The maximum absolute atomic E-state index is 5.71. The van der Waals surface area contributed by atoms with Crippen LogP contribution in [0.4, 0.5) is 0 Å². The number of alkyl halides is 1. The van der Waals surface area contributed by atoms with Crippen LogP contribution < -0.4 is 0 Å². The molecule has 1 aromatic carbocycles. The minimum atomic E-state index is 0.376. The first-order chi connectivity index (χ1) is 7.88. The van der Waals surface area contributed by atoms with Crippen LogP contribution in [0.1, 0.15) is 28.4 Å². The lowest BCUT2D eigenvalue weighted by atomic mass is 9.77. The first-order valence-electron chi connectivity index (χ1n) is 5.33. The topological polar surface area (TPSA) is 25.8 Å². The number of aromatic nitrogens is 2. The summed E-state index contributed by atoms with van der Waals surface area (Å²) in [6.45, 7) is 0. The van der Waals surface area contributed by atoms with Crippen molar-refractivity contribution in [2.24, 2.45) is 0 Å². The summed E-state index contributed by atoms with van der Waals surface area (Å²) in [4.78, 5) is 8.75. The van der Waals surface area contributed by atoms with E-state index >= 15 is 0 Å². The van der Waals surface area contributed by atoms with Gasteiger partial charge in [0.1, 0.15) is 5.82 Å². The van der Waals surface area contributed by atoms with Gasteiger partial charge in [-0.3, -0.25) is 0 Å². The molecule has 80 valence electrons. The molecule has 2 aromatic rings. The Morgan fingerprint density at radius 2 is 1.94 bits per heavy atom. The van der Waals surface area contributed by atoms with Crippen molar-refractivity contribution in [3.8, 4) is 0 Å². The van der Waals surface area contributed by atoms with E-state index in [9.17, 15) is 0 Å². The van der Waals surface area contributed by atoms with Gasteiger partial charge in [-0.15, -0.1) is 11.6 Å². The molecular formula is C13H11ClN2. The van der Waals surface area contributed by atoms with Crippen LogP contribution in [0.2, 0.25) is 0 Å². The van der Waals surface area contributed by atoms with E-state index in [1.807, 2.05) is 12.4 Å². The van der Waals surface area contributed by atoms with Crippen LogP contribution in [0.25, 0.3) is 0 Å². The highest BCUT2D eigenvalue weighted by Crippen LogP contribution is 2.37. The maximum Gasteiger partial charge on any atom is 0.136 e. The third kappa shape index (κ3) is 1.50. The lowest BCUT2D eigenvalue weighted by molar-refractivity contribution is 0.658. The van der Waals surface area contributed by atoms with E-state index in [2.05, 4.69) is 34.2 Å².